The summed E-state index contributed by atoms with van der Waals surface area (Å²) in [5.74, 6) is 2.44. The molecule has 4 rings (SSSR count). The zero-order valence-corrected chi connectivity index (χ0v) is 16.0. The fourth-order valence-electron chi connectivity index (χ4n) is 3.26. The van der Waals surface area contributed by atoms with Gasteiger partial charge in [-0.25, -0.2) is 9.78 Å². The first-order chi connectivity index (χ1) is 13.6. The summed E-state index contributed by atoms with van der Waals surface area (Å²) >= 11 is 0. The second-order valence-corrected chi connectivity index (χ2v) is 7.02. The molecule has 2 heterocycles. The van der Waals surface area contributed by atoms with E-state index < -0.39 is 0 Å². The molecule has 2 aromatic carbocycles. The molecule has 0 aliphatic carbocycles. The van der Waals surface area contributed by atoms with Crippen LogP contribution in [0.1, 0.15) is 37.7 Å². The van der Waals surface area contributed by atoms with Gasteiger partial charge in [0, 0.05) is 6.54 Å². The first-order valence-electron chi connectivity index (χ1n) is 9.51. The Bertz CT molecular complexity index is 952. The summed E-state index contributed by atoms with van der Waals surface area (Å²) in [6.07, 6.45) is 0.921. The molecule has 3 aromatic rings. The normalized spacial score (nSPS) is 14.6. The van der Waals surface area contributed by atoms with Gasteiger partial charge in [0.05, 0.1) is 17.1 Å². The lowest BCUT2D eigenvalue weighted by molar-refractivity contribution is 0.174. The van der Waals surface area contributed by atoms with E-state index in [1.165, 1.54) is 0 Å². The summed E-state index contributed by atoms with van der Waals surface area (Å²) in [6, 6.07) is 13.1. The number of imidazole rings is 1. The van der Waals surface area contributed by atoms with E-state index in [9.17, 15) is 4.79 Å². The first kappa shape index (κ1) is 18.2. The Kier molecular flexibility index (Phi) is 5.06. The van der Waals surface area contributed by atoms with E-state index in [1.807, 2.05) is 42.5 Å². The maximum absolute atomic E-state index is 12.5. The largest absolute Gasteiger partial charge is 0.454 e. The van der Waals surface area contributed by atoms with Crippen LogP contribution in [0.15, 0.2) is 42.5 Å². The topological polar surface area (TPSA) is 88.3 Å². The van der Waals surface area contributed by atoms with Gasteiger partial charge in [0.1, 0.15) is 5.82 Å². The summed E-state index contributed by atoms with van der Waals surface area (Å²) in [5.41, 5.74) is 2.81. The van der Waals surface area contributed by atoms with E-state index in [-0.39, 0.29) is 24.8 Å². The van der Waals surface area contributed by atoms with Crippen molar-refractivity contribution in [3.05, 3.63) is 53.9 Å². The van der Waals surface area contributed by atoms with E-state index in [1.54, 1.807) is 0 Å². The molecule has 0 fully saturated rings. The number of fused-ring (bicyclic) bond motifs is 2. The van der Waals surface area contributed by atoms with Gasteiger partial charge in [0.15, 0.2) is 11.5 Å². The quantitative estimate of drug-likeness (QED) is 0.606. The number of urea groups is 1. The van der Waals surface area contributed by atoms with Gasteiger partial charge in [-0.3, -0.25) is 0 Å². The Balaban J connectivity index is 1.43. The summed E-state index contributed by atoms with van der Waals surface area (Å²) in [5, 5.41) is 5.98. The summed E-state index contributed by atoms with van der Waals surface area (Å²) in [4.78, 5) is 20.5. The van der Waals surface area contributed by atoms with Crippen molar-refractivity contribution >= 4 is 17.1 Å². The zero-order valence-electron chi connectivity index (χ0n) is 16.0. The summed E-state index contributed by atoms with van der Waals surface area (Å²) < 4.78 is 10.7. The number of aromatic amines is 1. The third-order valence-corrected chi connectivity index (χ3v) is 5.09. The number of nitrogens with zero attached hydrogens (tertiary/aromatic N) is 1. The molecule has 0 unspecified atom stereocenters. The number of amides is 2. The molecule has 28 heavy (non-hydrogen) atoms. The van der Waals surface area contributed by atoms with Crippen LogP contribution in [0.3, 0.4) is 0 Å². The molecule has 0 radical (unpaired) electrons. The fourth-order valence-corrected chi connectivity index (χ4v) is 3.26. The highest BCUT2D eigenvalue weighted by Crippen LogP contribution is 2.32. The molecule has 7 heteroatoms. The molecule has 2 atom stereocenters. The minimum Gasteiger partial charge on any atom is -0.454 e. The van der Waals surface area contributed by atoms with E-state index in [0.717, 1.165) is 34.6 Å². The highest BCUT2D eigenvalue weighted by atomic mass is 16.7. The average Bonchev–Trinajstić information content (AvgIpc) is 3.35. The molecule has 0 bridgehead atoms. The number of benzene rings is 2. The van der Waals surface area contributed by atoms with Gasteiger partial charge < -0.3 is 25.1 Å². The smallest absolute Gasteiger partial charge is 0.315 e. The van der Waals surface area contributed by atoms with E-state index in [4.69, 9.17) is 9.47 Å². The molecule has 1 aliphatic rings. The van der Waals surface area contributed by atoms with Crippen molar-refractivity contribution < 1.29 is 14.3 Å². The summed E-state index contributed by atoms with van der Waals surface area (Å²) in [7, 11) is 0. The number of rotatable bonds is 6. The van der Waals surface area contributed by atoms with Crippen molar-refractivity contribution in [1.29, 1.82) is 0 Å². The third kappa shape index (κ3) is 3.74. The Hall–Kier alpha value is -3.22. The Morgan fingerprint density at radius 1 is 1.21 bits per heavy atom. The highest BCUT2D eigenvalue weighted by Gasteiger charge is 2.23. The van der Waals surface area contributed by atoms with Crippen LogP contribution >= 0.6 is 0 Å². The van der Waals surface area contributed by atoms with Crippen LogP contribution in [0.4, 0.5) is 4.79 Å². The number of aromatic nitrogens is 2. The molecular weight excluding hydrogens is 356 g/mol. The number of hydrogen-bond acceptors (Lipinski definition) is 4. The van der Waals surface area contributed by atoms with Crippen molar-refractivity contribution in [2.24, 2.45) is 5.92 Å². The third-order valence-electron chi connectivity index (χ3n) is 5.09. The number of carbonyl (C=O) groups is 1. The molecule has 1 aliphatic heterocycles. The van der Waals surface area contributed by atoms with Crippen LogP contribution in [0.5, 0.6) is 11.5 Å². The fraction of sp³-hybridized carbons (Fsp3) is 0.333. The standard InChI is InChI=1S/C21H24N4O3/c1-3-13(2)19(20-23-15-6-4-5-7-16(15)24-20)25-21(26)22-11-14-8-9-17-18(10-14)28-12-27-17/h4-10,13,19H,3,11-12H2,1-2H3,(H,23,24)(H2,22,25,26)/t13-,19-/m0/s1. The number of H-pyrrole nitrogens is 1. The Morgan fingerprint density at radius 3 is 2.86 bits per heavy atom. The number of nitrogens with one attached hydrogen (secondary N) is 3. The van der Waals surface area contributed by atoms with Gasteiger partial charge in [-0.05, 0) is 35.7 Å². The monoisotopic (exact) mass is 380 g/mol. The second kappa shape index (κ2) is 7.80. The predicted octanol–water partition coefficient (Wildman–Crippen LogP) is 3.88. The van der Waals surface area contributed by atoms with Gasteiger partial charge in [0.2, 0.25) is 6.79 Å². The van der Waals surface area contributed by atoms with Gasteiger partial charge >= 0.3 is 6.03 Å². The maximum atomic E-state index is 12.5. The van der Waals surface area contributed by atoms with Crippen molar-refractivity contribution in [3.63, 3.8) is 0 Å². The molecule has 0 saturated carbocycles. The van der Waals surface area contributed by atoms with Crippen LogP contribution in [0.2, 0.25) is 0 Å². The number of hydrogen-bond donors (Lipinski definition) is 3. The van der Waals surface area contributed by atoms with E-state index in [0.29, 0.717) is 12.3 Å². The van der Waals surface area contributed by atoms with Gasteiger partial charge in [-0.15, -0.1) is 0 Å². The van der Waals surface area contributed by atoms with Crippen molar-refractivity contribution in [2.45, 2.75) is 32.9 Å². The van der Waals surface area contributed by atoms with Crippen molar-refractivity contribution in [2.75, 3.05) is 6.79 Å². The number of carbonyl (C=O) groups excluding carboxylic acids is 1. The SMILES string of the molecule is CC[C@H](C)[C@H](NC(=O)NCc1ccc2c(c1)OCO2)c1nc2ccccc2[nH]1. The van der Waals surface area contributed by atoms with E-state index >= 15 is 0 Å². The highest BCUT2D eigenvalue weighted by molar-refractivity contribution is 5.76. The molecule has 1 aromatic heterocycles. The lowest BCUT2D eigenvalue weighted by Crippen LogP contribution is -2.40. The van der Waals surface area contributed by atoms with E-state index in [2.05, 4.69) is 34.4 Å². The van der Waals surface area contributed by atoms with Gasteiger partial charge in [0.25, 0.3) is 0 Å². The van der Waals surface area contributed by atoms with Crippen molar-refractivity contribution in [1.82, 2.24) is 20.6 Å². The maximum Gasteiger partial charge on any atom is 0.315 e. The molecule has 0 spiro atoms. The van der Waals surface area contributed by atoms with Gasteiger partial charge in [-0.2, -0.15) is 0 Å². The minimum absolute atomic E-state index is 0.200. The number of para-hydroxylation sites is 2. The first-order valence-corrected chi connectivity index (χ1v) is 9.51. The van der Waals surface area contributed by atoms with Crippen molar-refractivity contribution in [3.8, 4) is 11.5 Å². The minimum atomic E-state index is -0.233. The van der Waals surface area contributed by atoms with Crippen LogP contribution in [0, 0.1) is 5.92 Å². The van der Waals surface area contributed by atoms with Crippen LogP contribution in [0.25, 0.3) is 11.0 Å². The zero-order chi connectivity index (χ0) is 19.5. The molecule has 3 N–H and O–H groups in total. The molecule has 146 valence electrons. The predicted molar refractivity (Wildman–Crippen MR) is 106 cm³/mol. The lowest BCUT2D eigenvalue weighted by Gasteiger charge is -2.22. The molecule has 7 nitrogen and oxygen atoms in total. The summed E-state index contributed by atoms with van der Waals surface area (Å²) in [6.45, 7) is 4.85. The Labute approximate surface area is 163 Å². The van der Waals surface area contributed by atoms with Crippen LogP contribution in [-0.2, 0) is 6.54 Å². The average molecular weight is 380 g/mol. The van der Waals surface area contributed by atoms with Gasteiger partial charge in [-0.1, -0.05) is 38.5 Å². The van der Waals surface area contributed by atoms with Crippen LogP contribution < -0.4 is 20.1 Å². The molecule has 2 amide bonds. The Morgan fingerprint density at radius 2 is 2.04 bits per heavy atom. The molecule has 0 saturated heterocycles. The lowest BCUT2D eigenvalue weighted by atomic mass is 9.99. The number of ether oxygens (including phenoxy) is 2. The van der Waals surface area contributed by atoms with Crippen LogP contribution in [-0.4, -0.2) is 22.8 Å². The molecular formula is C21H24N4O3. The second-order valence-electron chi connectivity index (χ2n) is 7.02.